The first-order chi connectivity index (χ1) is 13.2. The van der Waals surface area contributed by atoms with Crippen LogP contribution >= 0.6 is 0 Å². The van der Waals surface area contributed by atoms with E-state index in [0.29, 0.717) is 13.0 Å². The third-order valence-electron chi connectivity index (χ3n) is 4.25. The molecule has 0 saturated carbocycles. The van der Waals surface area contributed by atoms with Crippen LogP contribution in [-0.4, -0.2) is 36.0 Å². The number of nitrogens with one attached hydrogen (secondary N) is 1. The van der Waals surface area contributed by atoms with Crippen LogP contribution in [0.1, 0.15) is 32.1 Å². The van der Waals surface area contributed by atoms with Gasteiger partial charge >= 0.3 is 142 Å². The number of benzene rings is 2. The van der Waals surface area contributed by atoms with E-state index >= 15 is 0 Å². The zero-order valence-electron chi connectivity index (χ0n) is 14.9. The molecule has 1 heterocycles. The van der Waals surface area contributed by atoms with E-state index in [0.717, 1.165) is 46.8 Å². The first-order valence-electron chi connectivity index (χ1n) is 8.96. The zero-order valence-corrected chi connectivity index (χ0v) is 16.6. The molecule has 2 N–H and O–H groups in total. The van der Waals surface area contributed by atoms with E-state index in [4.69, 9.17) is 9.94 Å². The average molecular weight is 433 g/mol. The number of aromatic nitrogens is 1. The third kappa shape index (κ3) is 5.10. The minimum atomic E-state index is -0.340. The van der Waals surface area contributed by atoms with Crippen LogP contribution in [0.15, 0.2) is 53.3 Å². The fourth-order valence-corrected chi connectivity index (χ4v) is 4.90. The quantitative estimate of drug-likeness (QED) is 0.235. The Labute approximate surface area is 163 Å². The van der Waals surface area contributed by atoms with Gasteiger partial charge in [-0.15, -0.1) is 0 Å². The second-order valence-corrected chi connectivity index (χ2v) is 8.30. The van der Waals surface area contributed by atoms with E-state index in [1.165, 1.54) is 0 Å². The molecule has 0 fully saturated rings. The summed E-state index contributed by atoms with van der Waals surface area (Å²) in [5.41, 5.74) is 2.59. The van der Waals surface area contributed by atoms with Crippen molar-refractivity contribution in [1.29, 1.82) is 0 Å². The van der Waals surface area contributed by atoms with Crippen LogP contribution in [0.2, 0.25) is 0 Å². The molecule has 0 aliphatic carbocycles. The predicted octanol–water partition coefficient (Wildman–Crippen LogP) is 2.88. The van der Waals surface area contributed by atoms with Crippen molar-refractivity contribution in [2.24, 2.45) is 0 Å². The van der Waals surface area contributed by atoms with Crippen molar-refractivity contribution in [3.05, 3.63) is 58.9 Å². The van der Waals surface area contributed by atoms with Gasteiger partial charge in [-0.3, -0.25) is 10.0 Å². The maximum Gasteiger partial charge on any atom is -0.238 e. The monoisotopic (exact) mass is 434 g/mol. The molecule has 0 bridgehead atoms. The smallest absolute Gasteiger partial charge is 0.238 e. The molecule has 1 aromatic heterocycles. The summed E-state index contributed by atoms with van der Waals surface area (Å²) >= 11 is -0.0248. The van der Waals surface area contributed by atoms with Gasteiger partial charge in [-0.25, -0.2) is 5.48 Å². The molecule has 2 aromatic carbocycles. The first-order valence-corrected chi connectivity index (χ1v) is 10.6. The number of fused-ring (bicyclic) bond motifs is 1. The summed E-state index contributed by atoms with van der Waals surface area (Å²) in [5, 5.41) is 9.21. The number of hydrogen-bond donors (Lipinski definition) is 2. The Morgan fingerprint density at radius 1 is 1.04 bits per heavy atom. The van der Waals surface area contributed by atoms with E-state index in [1.54, 1.807) is 5.48 Å². The Bertz CT molecular complexity index is 947. The van der Waals surface area contributed by atoms with E-state index < -0.39 is 0 Å². The largest absolute Gasteiger partial charge is 0.289 e. The van der Waals surface area contributed by atoms with Crippen LogP contribution in [0.25, 0.3) is 15.3 Å². The number of carbonyl (C=O) groups is 1. The molecule has 0 aliphatic heterocycles. The first kappa shape index (κ1) is 19.4. The van der Waals surface area contributed by atoms with Crippen molar-refractivity contribution >= 4 is 30.3 Å². The molecule has 0 atom stereocenters. The molecule has 0 aliphatic rings. The molecule has 142 valence electrons. The fourth-order valence-electron chi connectivity index (χ4n) is 2.81. The van der Waals surface area contributed by atoms with Crippen molar-refractivity contribution < 1.29 is 14.7 Å². The van der Waals surface area contributed by atoms with Gasteiger partial charge in [-0.1, -0.05) is 0 Å². The van der Waals surface area contributed by atoms with E-state index in [-0.39, 0.29) is 26.2 Å². The van der Waals surface area contributed by atoms with Crippen molar-refractivity contribution in [2.75, 3.05) is 6.61 Å². The van der Waals surface area contributed by atoms with Crippen molar-refractivity contribution in [3.63, 3.8) is 0 Å². The molecular weight excluding hydrogens is 411 g/mol. The van der Waals surface area contributed by atoms with Crippen molar-refractivity contribution in [2.45, 2.75) is 32.1 Å². The van der Waals surface area contributed by atoms with Crippen molar-refractivity contribution in [3.8, 4) is 11.4 Å². The zero-order chi connectivity index (χ0) is 19.1. The van der Waals surface area contributed by atoms with Gasteiger partial charge in [0, 0.05) is 0 Å². The van der Waals surface area contributed by atoms with Crippen LogP contribution in [-0.2, 0) is 4.79 Å². The third-order valence-corrected chi connectivity index (χ3v) is 6.59. The van der Waals surface area contributed by atoms with Gasteiger partial charge in [-0.05, 0) is 0 Å². The van der Waals surface area contributed by atoms with Gasteiger partial charge < -0.3 is 0 Å². The van der Waals surface area contributed by atoms with Gasteiger partial charge in [-0.2, -0.15) is 0 Å². The summed E-state index contributed by atoms with van der Waals surface area (Å²) in [4.78, 5) is 23.4. The Kier molecular flexibility index (Phi) is 6.87. The SMILES string of the molecule is O=C(CCCCCCOc1ccc(-n2[se]c3ccccc3c2=O)cc1)NO. The number of ether oxygens (including phenoxy) is 1. The number of hydrogen-bond acceptors (Lipinski definition) is 4. The number of hydroxylamine groups is 1. The molecule has 3 rings (SSSR count). The molecule has 3 aromatic rings. The molecule has 0 radical (unpaired) electrons. The van der Waals surface area contributed by atoms with E-state index in [2.05, 4.69) is 0 Å². The second kappa shape index (κ2) is 9.55. The maximum absolute atomic E-state index is 12.5. The van der Waals surface area contributed by atoms with Crippen LogP contribution in [0.4, 0.5) is 0 Å². The topological polar surface area (TPSA) is 80.6 Å². The second-order valence-electron chi connectivity index (χ2n) is 6.23. The normalized spacial score (nSPS) is 10.9. The standard InChI is InChI=1S/C20H22N2O4Se/c23-19(21-25)9-3-1-2-6-14-26-16-12-10-15(11-13-16)22-20(24)17-7-4-5-8-18(17)27-22/h4-5,7-8,10-13,25H,1-3,6,9,14H2,(H,21,23). The van der Waals surface area contributed by atoms with Gasteiger partial charge in [0.1, 0.15) is 0 Å². The Balaban J connectivity index is 1.48. The molecule has 0 saturated heterocycles. The molecule has 6 nitrogen and oxygen atoms in total. The molecule has 0 spiro atoms. The van der Waals surface area contributed by atoms with Crippen LogP contribution < -0.4 is 15.8 Å². The molecule has 7 heteroatoms. The number of carbonyl (C=O) groups excluding carboxylic acids is 1. The maximum atomic E-state index is 12.5. The minimum Gasteiger partial charge on any atom is -0.289 e. The number of unbranched alkanes of at least 4 members (excludes halogenated alkanes) is 3. The van der Waals surface area contributed by atoms with Gasteiger partial charge in [0.15, 0.2) is 0 Å². The van der Waals surface area contributed by atoms with Crippen LogP contribution in [0.3, 0.4) is 0 Å². The van der Waals surface area contributed by atoms with Gasteiger partial charge in [0.25, 0.3) is 0 Å². The van der Waals surface area contributed by atoms with Crippen LogP contribution in [0, 0.1) is 0 Å². The van der Waals surface area contributed by atoms with Crippen molar-refractivity contribution in [1.82, 2.24) is 9.04 Å². The summed E-state index contributed by atoms with van der Waals surface area (Å²) in [6.45, 7) is 0.615. The van der Waals surface area contributed by atoms with Gasteiger partial charge in [0.05, 0.1) is 0 Å². The molecule has 27 heavy (non-hydrogen) atoms. The summed E-state index contributed by atoms with van der Waals surface area (Å²) in [7, 11) is 0. The number of nitrogens with zero attached hydrogens (tertiary/aromatic N) is 1. The van der Waals surface area contributed by atoms with Crippen LogP contribution in [0.5, 0.6) is 5.75 Å². The molecular formula is C20H22N2O4Se. The fraction of sp³-hybridized carbons (Fsp3) is 0.300. The Morgan fingerprint density at radius 2 is 1.78 bits per heavy atom. The van der Waals surface area contributed by atoms with E-state index in [1.807, 2.05) is 52.1 Å². The Morgan fingerprint density at radius 3 is 2.52 bits per heavy atom. The summed E-state index contributed by atoms with van der Waals surface area (Å²) in [6.07, 6.45) is 3.91. The summed E-state index contributed by atoms with van der Waals surface area (Å²) < 4.78 is 8.70. The molecule has 1 amide bonds. The predicted molar refractivity (Wildman–Crippen MR) is 105 cm³/mol. The Hall–Kier alpha value is -2.34. The summed E-state index contributed by atoms with van der Waals surface area (Å²) in [5.74, 6) is 0.447. The average Bonchev–Trinajstić information content (AvgIpc) is 3.04. The summed E-state index contributed by atoms with van der Waals surface area (Å²) in [6, 6.07) is 15.4. The number of rotatable bonds is 9. The van der Waals surface area contributed by atoms with E-state index in [9.17, 15) is 9.59 Å². The minimum absolute atomic E-state index is 0.0248. The molecule has 0 unspecified atom stereocenters. The van der Waals surface area contributed by atoms with Gasteiger partial charge in [0.2, 0.25) is 5.91 Å². The number of amides is 1.